The van der Waals surface area contributed by atoms with Gasteiger partial charge in [-0.3, -0.25) is 0 Å². The first-order valence-electron chi connectivity index (χ1n) is 13.3. The molecule has 3 N–H and O–H groups in total. The van der Waals surface area contributed by atoms with E-state index in [1.807, 2.05) is 43.3 Å². The highest BCUT2D eigenvalue weighted by Gasteiger charge is 2.24. The Morgan fingerprint density at radius 1 is 0.943 bits per heavy atom. The van der Waals surface area contributed by atoms with Crippen LogP contribution in [0.4, 0.5) is 10.5 Å². The lowest BCUT2D eigenvalue weighted by atomic mass is 9.91. The van der Waals surface area contributed by atoms with E-state index in [1.165, 1.54) is 64.2 Å². The largest absolute Gasteiger partial charge is 0.480 e. The van der Waals surface area contributed by atoms with Crippen molar-refractivity contribution in [2.24, 2.45) is 0 Å². The molecular weight excluding hydrogens is 442 g/mol. The van der Waals surface area contributed by atoms with Crippen molar-refractivity contribution in [3.63, 3.8) is 0 Å². The third kappa shape index (κ3) is 11.8. The van der Waals surface area contributed by atoms with Crippen LogP contribution in [0.25, 0.3) is 0 Å². The topological polar surface area (TPSA) is 90.9 Å². The van der Waals surface area contributed by atoms with E-state index in [9.17, 15) is 14.7 Å². The van der Waals surface area contributed by atoms with Gasteiger partial charge >= 0.3 is 12.1 Å². The first kappa shape index (κ1) is 29.0. The average molecular weight is 490 g/mol. The second kappa shape index (κ2) is 14.3. The number of hydrogen-bond donors (Lipinski definition) is 3. The fourth-order valence-electron chi connectivity index (χ4n) is 4.69. The molecule has 0 radical (unpaired) electrons. The minimum Gasteiger partial charge on any atom is -0.480 e. The highest BCUT2D eigenvalue weighted by Crippen LogP contribution is 2.22. The molecular formula is C28H47N3O4. The molecule has 2 aliphatic carbocycles. The monoisotopic (exact) mass is 489 g/mol. The number of alkyl carbamates (subject to hydrolysis) is 1. The van der Waals surface area contributed by atoms with E-state index in [4.69, 9.17) is 4.74 Å². The third-order valence-electron chi connectivity index (χ3n) is 6.56. The number of anilines is 1. The summed E-state index contributed by atoms with van der Waals surface area (Å²) in [6, 6.07) is 8.22. The summed E-state index contributed by atoms with van der Waals surface area (Å²) < 4.78 is 5.09. The highest BCUT2D eigenvalue weighted by atomic mass is 16.6. The molecule has 1 aromatic rings. The number of carboxylic acids is 1. The molecule has 7 heteroatoms. The molecule has 0 saturated heterocycles. The van der Waals surface area contributed by atoms with E-state index in [0.29, 0.717) is 0 Å². The van der Waals surface area contributed by atoms with Crippen LogP contribution in [0.2, 0.25) is 0 Å². The normalized spacial score (nSPS) is 18.1. The van der Waals surface area contributed by atoms with Gasteiger partial charge < -0.3 is 25.4 Å². The molecule has 1 aromatic carbocycles. The van der Waals surface area contributed by atoms with Gasteiger partial charge in [0.05, 0.1) is 0 Å². The van der Waals surface area contributed by atoms with Crippen molar-refractivity contribution in [2.75, 3.05) is 19.0 Å². The van der Waals surface area contributed by atoms with E-state index in [1.54, 1.807) is 20.8 Å². The number of benzene rings is 1. The summed E-state index contributed by atoms with van der Waals surface area (Å²) in [6.45, 7) is 5.17. The Morgan fingerprint density at radius 3 is 1.83 bits per heavy atom. The molecule has 3 rings (SSSR count). The summed E-state index contributed by atoms with van der Waals surface area (Å²) in [4.78, 5) is 25.0. The maximum Gasteiger partial charge on any atom is 0.408 e. The second-order valence-electron chi connectivity index (χ2n) is 11.1. The van der Waals surface area contributed by atoms with Gasteiger partial charge in [0.1, 0.15) is 11.6 Å². The van der Waals surface area contributed by atoms with Gasteiger partial charge in [0.2, 0.25) is 0 Å². The number of carbonyl (C=O) groups excluding carboxylic acids is 1. The van der Waals surface area contributed by atoms with E-state index in [2.05, 4.69) is 10.6 Å². The molecule has 0 unspecified atom stereocenters. The van der Waals surface area contributed by atoms with Crippen LogP contribution in [-0.2, 0) is 16.0 Å². The number of rotatable bonds is 7. The Bertz CT molecular complexity index is 745. The smallest absolute Gasteiger partial charge is 0.408 e. The van der Waals surface area contributed by atoms with Crippen molar-refractivity contribution in [2.45, 2.75) is 115 Å². The number of carboxylic acid groups (broad SMARTS) is 1. The predicted molar refractivity (Wildman–Crippen MR) is 142 cm³/mol. The van der Waals surface area contributed by atoms with Crippen molar-refractivity contribution < 1.29 is 19.4 Å². The van der Waals surface area contributed by atoms with Crippen molar-refractivity contribution in [1.82, 2.24) is 10.6 Å². The van der Waals surface area contributed by atoms with Gasteiger partial charge in [-0.25, -0.2) is 9.59 Å². The minimum absolute atomic E-state index is 0.197. The molecule has 7 nitrogen and oxygen atoms in total. The zero-order chi connectivity index (χ0) is 25.8. The van der Waals surface area contributed by atoms with Crippen LogP contribution in [0.1, 0.15) is 90.5 Å². The second-order valence-corrected chi connectivity index (χ2v) is 11.1. The Hall–Kier alpha value is -2.28. The van der Waals surface area contributed by atoms with Crippen molar-refractivity contribution in [3.8, 4) is 0 Å². The van der Waals surface area contributed by atoms with Crippen LogP contribution in [0.15, 0.2) is 24.3 Å². The summed E-state index contributed by atoms with van der Waals surface area (Å²) in [5.74, 6) is -1.09. The molecule has 0 heterocycles. The molecule has 1 amide bonds. The summed E-state index contributed by atoms with van der Waals surface area (Å²) in [5, 5.41) is 15.5. The lowest BCUT2D eigenvalue weighted by molar-refractivity contribution is -0.139. The number of nitrogens with zero attached hydrogens (tertiary/aromatic N) is 1. The van der Waals surface area contributed by atoms with Crippen LogP contribution in [0.3, 0.4) is 0 Å². The van der Waals surface area contributed by atoms with E-state index >= 15 is 0 Å². The lowest BCUT2D eigenvalue weighted by Crippen LogP contribution is -2.44. The van der Waals surface area contributed by atoms with Gasteiger partial charge in [-0.15, -0.1) is 0 Å². The van der Waals surface area contributed by atoms with E-state index in [0.717, 1.165) is 23.3 Å². The fourth-order valence-corrected chi connectivity index (χ4v) is 4.69. The van der Waals surface area contributed by atoms with Crippen molar-refractivity contribution >= 4 is 17.7 Å². The molecule has 2 saturated carbocycles. The zero-order valence-electron chi connectivity index (χ0n) is 22.4. The van der Waals surface area contributed by atoms with Crippen molar-refractivity contribution in [1.29, 1.82) is 0 Å². The van der Waals surface area contributed by atoms with E-state index < -0.39 is 23.7 Å². The van der Waals surface area contributed by atoms with Crippen molar-refractivity contribution in [3.05, 3.63) is 29.8 Å². The fraction of sp³-hybridized carbons (Fsp3) is 0.714. The Morgan fingerprint density at radius 2 is 1.43 bits per heavy atom. The molecule has 0 bridgehead atoms. The number of amides is 1. The van der Waals surface area contributed by atoms with Gasteiger partial charge in [0.25, 0.3) is 0 Å². The van der Waals surface area contributed by atoms with Crippen LogP contribution in [0, 0.1) is 0 Å². The Kier molecular flexibility index (Phi) is 11.8. The van der Waals surface area contributed by atoms with Gasteiger partial charge in [-0.1, -0.05) is 50.7 Å². The quantitative estimate of drug-likeness (QED) is 0.468. The summed E-state index contributed by atoms with van der Waals surface area (Å²) in [6.07, 6.45) is 14.0. The summed E-state index contributed by atoms with van der Waals surface area (Å²) in [7, 11) is 3.86. The number of carbonyl (C=O) groups is 2. The zero-order valence-corrected chi connectivity index (χ0v) is 22.4. The molecule has 2 aliphatic rings. The van der Waals surface area contributed by atoms with Crippen LogP contribution >= 0.6 is 0 Å². The molecule has 2 fully saturated rings. The van der Waals surface area contributed by atoms with Gasteiger partial charge in [-0.2, -0.15) is 0 Å². The number of ether oxygens (including phenoxy) is 1. The van der Waals surface area contributed by atoms with Crippen LogP contribution in [-0.4, -0.2) is 55.0 Å². The minimum atomic E-state index is -1.09. The third-order valence-corrected chi connectivity index (χ3v) is 6.56. The first-order valence-corrected chi connectivity index (χ1v) is 13.3. The molecule has 0 aromatic heterocycles. The summed E-state index contributed by atoms with van der Waals surface area (Å²) in [5.41, 5.74) is 1.19. The standard InChI is InChI=1S/C16H24N2O4.C12H23N/c1-16(2,3)22-15(21)17-13(14(19)20)10-11-6-8-12(9-7-11)18(4)5;1-3-7-11(8-4-1)13-12-9-5-2-6-10-12/h6-9,13H,10H2,1-5H3,(H,17,21)(H,19,20);11-13H,1-10H2/t13-;/m0./s1. The lowest BCUT2D eigenvalue weighted by Gasteiger charge is -2.30. The van der Waals surface area contributed by atoms with Gasteiger partial charge in [0.15, 0.2) is 0 Å². The van der Waals surface area contributed by atoms with Crippen LogP contribution < -0.4 is 15.5 Å². The Balaban J connectivity index is 0.000000279. The molecule has 1 atom stereocenters. The summed E-state index contributed by atoms with van der Waals surface area (Å²) >= 11 is 0. The van der Waals surface area contributed by atoms with Crippen LogP contribution in [0.5, 0.6) is 0 Å². The maximum atomic E-state index is 11.7. The molecule has 0 aliphatic heterocycles. The first-order chi connectivity index (χ1) is 16.5. The average Bonchev–Trinajstić information content (AvgIpc) is 2.79. The molecule has 35 heavy (non-hydrogen) atoms. The number of aliphatic carboxylic acids is 1. The maximum absolute atomic E-state index is 11.7. The number of nitrogens with one attached hydrogen (secondary N) is 2. The number of hydrogen-bond acceptors (Lipinski definition) is 5. The molecule has 0 spiro atoms. The van der Waals surface area contributed by atoms with Gasteiger partial charge in [0, 0.05) is 38.3 Å². The SMILES string of the molecule is C1CCC(NC2CCCCC2)CC1.CN(C)c1ccc(C[C@H](NC(=O)OC(C)(C)C)C(=O)O)cc1. The van der Waals surface area contributed by atoms with Gasteiger partial charge in [-0.05, 0) is 64.2 Å². The molecule has 198 valence electrons. The van der Waals surface area contributed by atoms with E-state index in [-0.39, 0.29) is 6.42 Å². The predicted octanol–water partition coefficient (Wildman–Crippen LogP) is 5.51. The highest BCUT2D eigenvalue weighted by molar-refractivity contribution is 5.80. The Labute approximate surface area is 212 Å².